The summed E-state index contributed by atoms with van der Waals surface area (Å²) in [5.74, 6) is 0. The molecule has 5 nitrogen and oxygen atoms in total. The van der Waals surface area contributed by atoms with E-state index in [2.05, 4.69) is 27.6 Å². The van der Waals surface area contributed by atoms with Crippen molar-refractivity contribution in [1.29, 1.82) is 0 Å². The monoisotopic (exact) mass is 301 g/mol. The van der Waals surface area contributed by atoms with E-state index in [0.717, 1.165) is 44.3 Å². The van der Waals surface area contributed by atoms with Crippen molar-refractivity contribution in [3.63, 3.8) is 0 Å². The van der Waals surface area contributed by atoms with E-state index in [1.54, 1.807) is 0 Å². The number of hydrazine groups is 1. The van der Waals surface area contributed by atoms with Crippen LogP contribution in [0.3, 0.4) is 0 Å². The summed E-state index contributed by atoms with van der Waals surface area (Å²) in [6.45, 7) is 6.08. The zero-order valence-corrected chi connectivity index (χ0v) is 13.6. The molecular weight excluding hydrogens is 269 g/mol. The molecule has 21 heavy (non-hydrogen) atoms. The van der Waals surface area contributed by atoms with Crippen LogP contribution in [0.5, 0.6) is 0 Å². The molecule has 0 aromatic rings. The van der Waals surface area contributed by atoms with E-state index in [4.69, 9.17) is 5.73 Å². The third-order valence-electron chi connectivity index (χ3n) is 3.04. The van der Waals surface area contributed by atoms with Gasteiger partial charge in [0.15, 0.2) is 0 Å². The van der Waals surface area contributed by atoms with Gasteiger partial charge in [-0.3, -0.25) is 5.43 Å². The minimum atomic E-state index is -0.0756. The van der Waals surface area contributed by atoms with Crippen molar-refractivity contribution in [2.45, 2.75) is 45.3 Å². The second-order valence-corrected chi connectivity index (χ2v) is 5.16. The first kappa shape index (κ1) is 20.2. The predicted molar refractivity (Wildman–Crippen MR) is 88.4 cm³/mol. The highest BCUT2D eigenvalue weighted by Crippen LogP contribution is 2.06. The Kier molecular flexibility index (Phi) is 13.6. The van der Waals surface area contributed by atoms with Gasteiger partial charge in [-0.25, -0.2) is 9.82 Å². The molecule has 0 aromatic carbocycles. The van der Waals surface area contributed by atoms with Gasteiger partial charge in [0.1, 0.15) is 0 Å². The summed E-state index contributed by atoms with van der Waals surface area (Å²) < 4.78 is 12.8. The van der Waals surface area contributed by atoms with Crippen molar-refractivity contribution >= 4 is 0 Å². The van der Waals surface area contributed by atoms with E-state index in [0.29, 0.717) is 6.54 Å². The molecule has 0 saturated heterocycles. The minimum Gasteiger partial charge on any atom is -0.318 e. The Hall–Kier alpha value is -0.790. The van der Waals surface area contributed by atoms with Crippen LogP contribution in [0.25, 0.3) is 0 Å². The molecule has 0 amide bonds. The van der Waals surface area contributed by atoms with Crippen molar-refractivity contribution < 1.29 is 4.39 Å². The normalized spacial score (nSPS) is 15.6. The molecule has 0 rings (SSSR count). The van der Waals surface area contributed by atoms with Gasteiger partial charge < -0.3 is 16.4 Å². The van der Waals surface area contributed by atoms with Crippen LogP contribution >= 0.6 is 0 Å². The van der Waals surface area contributed by atoms with Crippen LogP contribution in [-0.4, -0.2) is 38.9 Å². The van der Waals surface area contributed by atoms with Gasteiger partial charge in [-0.2, -0.15) is 0 Å². The number of nitrogens with two attached hydrogens (primary N) is 1. The van der Waals surface area contributed by atoms with Gasteiger partial charge in [0.25, 0.3) is 0 Å². The first-order valence-corrected chi connectivity index (χ1v) is 7.65. The lowest BCUT2D eigenvalue weighted by Gasteiger charge is -2.20. The lowest BCUT2D eigenvalue weighted by Crippen LogP contribution is -2.47. The van der Waals surface area contributed by atoms with Crippen LogP contribution in [0, 0.1) is 0 Å². The largest absolute Gasteiger partial charge is 0.318 e. The van der Waals surface area contributed by atoms with Gasteiger partial charge in [-0.05, 0) is 45.7 Å². The molecule has 6 heteroatoms. The van der Waals surface area contributed by atoms with Gasteiger partial charge in [0.05, 0.1) is 12.5 Å². The summed E-state index contributed by atoms with van der Waals surface area (Å²) in [5.41, 5.74) is 12.4. The Bertz CT molecular complexity index is 292. The van der Waals surface area contributed by atoms with Crippen LogP contribution in [0.2, 0.25) is 0 Å². The maximum Gasteiger partial charge on any atom is 0.0871 e. The van der Waals surface area contributed by atoms with Gasteiger partial charge >= 0.3 is 0 Å². The van der Waals surface area contributed by atoms with E-state index >= 15 is 0 Å². The van der Waals surface area contributed by atoms with Gasteiger partial charge in [-0.15, -0.1) is 0 Å². The molecule has 0 aliphatic heterocycles. The molecule has 2 atom stereocenters. The summed E-state index contributed by atoms with van der Waals surface area (Å²) >= 11 is 0. The molecule has 0 aromatic heterocycles. The fourth-order valence-corrected chi connectivity index (χ4v) is 1.89. The van der Waals surface area contributed by atoms with E-state index < -0.39 is 0 Å². The van der Waals surface area contributed by atoms with Crippen molar-refractivity contribution in [3.8, 4) is 0 Å². The van der Waals surface area contributed by atoms with E-state index in [1.807, 2.05) is 27.0 Å². The van der Waals surface area contributed by atoms with Crippen LogP contribution in [0.1, 0.15) is 33.1 Å². The smallest absolute Gasteiger partial charge is 0.0871 e. The number of hydrogen-bond donors (Lipinski definition) is 5. The van der Waals surface area contributed by atoms with Crippen molar-refractivity contribution in [2.24, 2.45) is 5.73 Å². The average molecular weight is 301 g/mol. The molecule has 2 unspecified atom stereocenters. The van der Waals surface area contributed by atoms with Crippen molar-refractivity contribution in [3.05, 3.63) is 24.1 Å². The fourth-order valence-electron chi connectivity index (χ4n) is 1.89. The third-order valence-corrected chi connectivity index (χ3v) is 3.04. The number of likely N-dealkylation sites (N-methyl/N-ethyl adjacent to an activating group) is 1. The molecule has 0 bridgehead atoms. The lowest BCUT2D eigenvalue weighted by atomic mass is 10.1. The number of rotatable bonds is 13. The molecule has 0 spiro atoms. The summed E-state index contributed by atoms with van der Waals surface area (Å²) in [7, 11) is 1.92. The highest BCUT2D eigenvalue weighted by molar-refractivity contribution is 5.02. The van der Waals surface area contributed by atoms with E-state index in [1.165, 1.54) is 0 Å². The molecular formula is C15H32FN5. The topological polar surface area (TPSA) is 74.1 Å². The van der Waals surface area contributed by atoms with Crippen molar-refractivity contribution in [1.82, 2.24) is 21.5 Å². The molecule has 6 N–H and O–H groups in total. The average Bonchev–Trinajstić information content (AvgIpc) is 2.46. The SMILES string of the molecule is C/C=C\CC/C(=C/F)CNC(CCNNC(C)N)CNC. The van der Waals surface area contributed by atoms with Crippen LogP contribution in [-0.2, 0) is 0 Å². The lowest BCUT2D eigenvalue weighted by molar-refractivity contribution is 0.409. The highest BCUT2D eigenvalue weighted by Gasteiger charge is 2.08. The highest BCUT2D eigenvalue weighted by atomic mass is 19.1. The maximum absolute atomic E-state index is 12.8. The molecule has 0 heterocycles. The second kappa shape index (κ2) is 14.2. The van der Waals surface area contributed by atoms with Gasteiger partial charge in [0.2, 0.25) is 0 Å². The van der Waals surface area contributed by atoms with Crippen LogP contribution in [0.4, 0.5) is 4.39 Å². The maximum atomic E-state index is 12.8. The first-order valence-electron chi connectivity index (χ1n) is 7.65. The zero-order chi connectivity index (χ0) is 15.9. The van der Waals surface area contributed by atoms with Crippen molar-refractivity contribution in [2.75, 3.05) is 26.7 Å². The Morgan fingerprint density at radius 1 is 1.38 bits per heavy atom. The van der Waals surface area contributed by atoms with E-state index in [-0.39, 0.29) is 12.2 Å². The Morgan fingerprint density at radius 3 is 2.71 bits per heavy atom. The standard InChI is InChI=1S/C15H32FN5/c1-4-5-6-7-14(10-16)11-19-15(12-18-3)8-9-20-21-13(2)17/h4-5,10,13,15,18-21H,6-9,11-12,17H2,1-3H3/b5-4-,14-10-. The van der Waals surface area contributed by atoms with Gasteiger partial charge in [0, 0.05) is 25.7 Å². The van der Waals surface area contributed by atoms with Crippen LogP contribution in [0.15, 0.2) is 24.1 Å². The first-order chi connectivity index (χ1) is 10.1. The summed E-state index contributed by atoms with van der Waals surface area (Å²) in [5, 5.41) is 6.54. The summed E-state index contributed by atoms with van der Waals surface area (Å²) in [6, 6.07) is 0.286. The summed E-state index contributed by atoms with van der Waals surface area (Å²) in [6.07, 6.45) is 7.25. The molecule has 0 saturated carbocycles. The van der Waals surface area contributed by atoms with E-state index in [9.17, 15) is 4.39 Å². The molecule has 0 aliphatic carbocycles. The third kappa shape index (κ3) is 12.6. The van der Waals surface area contributed by atoms with Crippen LogP contribution < -0.4 is 27.2 Å². The number of nitrogens with one attached hydrogen (secondary N) is 4. The molecule has 124 valence electrons. The molecule has 0 radical (unpaired) electrons. The molecule has 0 fully saturated rings. The number of hydrogen-bond acceptors (Lipinski definition) is 5. The zero-order valence-electron chi connectivity index (χ0n) is 13.6. The number of halogens is 1. The summed E-state index contributed by atoms with van der Waals surface area (Å²) in [4.78, 5) is 0. The Labute approximate surface area is 128 Å². The van der Waals surface area contributed by atoms with Gasteiger partial charge in [-0.1, -0.05) is 12.2 Å². The quantitative estimate of drug-likeness (QED) is 0.153. The molecule has 0 aliphatic rings. The minimum absolute atomic E-state index is 0.0756. The Morgan fingerprint density at radius 2 is 2.14 bits per heavy atom. The Balaban J connectivity index is 3.99. The number of allylic oxidation sites excluding steroid dienone is 2. The second-order valence-electron chi connectivity index (χ2n) is 5.16. The fraction of sp³-hybridized carbons (Fsp3) is 0.733. The predicted octanol–water partition coefficient (Wildman–Crippen LogP) is 1.16.